The van der Waals surface area contributed by atoms with Gasteiger partial charge in [-0.05, 0) is 5.56 Å². The van der Waals surface area contributed by atoms with E-state index in [0.717, 1.165) is 0 Å². The van der Waals surface area contributed by atoms with E-state index in [2.05, 4.69) is 0 Å². The number of fused-ring (bicyclic) bond motifs is 5. The Kier molecular flexibility index (Phi) is 2.76. The smallest absolute Gasteiger partial charge is 0.316 e. The predicted octanol–water partition coefficient (Wildman–Crippen LogP) is 1.06. The normalized spacial score (nSPS) is 44.4. The Balaban J connectivity index is 1.48. The molecule has 1 aromatic carbocycles. The lowest BCUT2D eigenvalue weighted by molar-refractivity contribution is -0.938. The van der Waals surface area contributed by atoms with E-state index in [1.807, 2.05) is 18.2 Å². The highest BCUT2D eigenvalue weighted by Gasteiger charge is 2.70. The van der Waals surface area contributed by atoms with Gasteiger partial charge in [-0.1, -0.05) is 30.3 Å². The summed E-state index contributed by atoms with van der Waals surface area (Å²) in [6.07, 6.45) is 0.533. The third-order valence-corrected chi connectivity index (χ3v) is 5.66. The van der Waals surface area contributed by atoms with Crippen LogP contribution in [-0.2, 0) is 14.3 Å². The monoisotopic (exact) mass is 324 g/mol. The summed E-state index contributed by atoms with van der Waals surface area (Å²) in [5, 5.41) is 9.64. The maximum Gasteiger partial charge on any atom is 0.316 e. The van der Waals surface area contributed by atoms with Gasteiger partial charge in [-0.2, -0.15) is 0 Å². The number of likely N-dealkylation sites (N-methyl/N-ethyl adjacent to an activating group) is 1. The molecule has 2 unspecified atom stereocenters. The van der Waals surface area contributed by atoms with Gasteiger partial charge in [0.05, 0.1) is 24.7 Å². The van der Waals surface area contributed by atoms with Crippen LogP contribution in [0.25, 0.3) is 0 Å². The van der Waals surface area contributed by atoms with Crippen LogP contribution in [0.15, 0.2) is 30.3 Å². The number of aliphatic hydroxyl groups excluding tert-OH is 1. The van der Waals surface area contributed by atoms with Gasteiger partial charge in [0.15, 0.2) is 0 Å². The maximum absolute atomic E-state index is 12.6. The number of benzene rings is 1. The Labute approximate surface area is 140 Å². The highest BCUT2D eigenvalue weighted by molar-refractivity contribution is 5.78. The minimum atomic E-state index is -2.11. The largest absolute Gasteiger partial charge is 0.461 e. The van der Waals surface area contributed by atoms with E-state index in [-0.39, 0.29) is 41.5 Å². The zero-order valence-electron chi connectivity index (χ0n) is 16.1. The standard InChI is InChI=1S/C18H24NO4/c1-19(2)14-8-12(9-15(19)17-16(14)23-17)22-18(21)13(10-20)11-6-4-3-5-7-11/h3-7,12-17,20H,8-10H2,1-2H3/q+1/t12?,13-,14-,15+,16-,17+/m1/s1/i1T3/t12?,13-,14-,15+,16-,17+,19?. The third kappa shape index (κ3) is 2.38. The summed E-state index contributed by atoms with van der Waals surface area (Å²) < 4.78 is 35.2. The number of carbonyl (C=O) groups excluding carboxylic acids is 1. The fraction of sp³-hybridized carbons (Fsp3) is 0.611. The average Bonchev–Trinajstić information content (AvgIpc) is 3.34. The second kappa shape index (κ2) is 5.30. The van der Waals surface area contributed by atoms with E-state index in [0.29, 0.717) is 18.4 Å². The molecule has 23 heavy (non-hydrogen) atoms. The van der Waals surface area contributed by atoms with Crippen LogP contribution in [0.2, 0.25) is 0 Å². The summed E-state index contributed by atoms with van der Waals surface area (Å²) in [4.78, 5) is 12.6. The Hall–Kier alpha value is -1.43. The number of ether oxygens (including phenoxy) is 2. The van der Waals surface area contributed by atoms with Crippen molar-refractivity contribution in [3.05, 3.63) is 35.9 Å². The number of quaternary nitrogens is 1. The summed E-state index contributed by atoms with van der Waals surface area (Å²) in [5.41, 5.74) is 0.716. The Morgan fingerprint density at radius 2 is 2.04 bits per heavy atom. The molecule has 1 aromatic rings. The van der Waals surface area contributed by atoms with Crippen LogP contribution < -0.4 is 0 Å². The van der Waals surface area contributed by atoms with Crippen molar-refractivity contribution in [2.24, 2.45) is 0 Å². The molecule has 3 aliphatic heterocycles. The first-order chi connectivity index (χ1) is 12.3. The minimum absolute atomic E-state index is 0.00149. The van der Waals surface area contributed by atoms with Gasteiger partial charge in [0.25, 0.3) is 0 Å². The molecule has 3 aliphatic rings. The summed E-state index contributed by atoms with van der Waals surface area (Å²) in [6.45, 7) is -2.43. The number of hydrogen-bond donors (Lipinski definition) is 1. The molecular formula is C18H24NO4+. The van der Waals surface area contributed by atoms with Crippen molar-refractivity contribution in [1.82, 2.24) is 0 Å². The SMILES string of the molecule is [3H]C([3H])([3H])[N+]1(C)[C@@H]2CC(OC(=O)[C@H](CO)c3ccccc3)C[C@H]1[C@@H]1O[C@@H]12. The van der Waals surface area contributed by atoms with Crippen LogP contribution in [0.1, 0.15) is 28.4 Å². The highest BCUT2D eigenvalue weighted by atomic mass is 16.6. The van der Waals surface area contributed by atoms with Gasteiger partial charge in [-0.15, -0.1) is 0 Å². The van der Waals surface area contributed by atoms with E-state index in [4.69, 9.17) is 13.6 Å². The predicted molar refractivity (Wildman–Crippen MR) is 83.7 cm³/mol. The average molecular weight is 324 g/mol. The van der Waals surface area contributed by atoms with Crippen LogP contribution in [0.3, 0.4) is 0 Å². The Morgan fingerprint density at radius 3 is 2.61 bits per heavy atom. The fourth-order valence-electron chi connectivity index (χ4n) is 4.30. The van der Waals surface area contributed by atoms with Crippen molar-refractivity contribution in [3.63, 3.8) is 0 Å². The van der Waals surface area contributed by atoms with Crippen LogP contribution in [0, 0.1) is 0 Å². The van der Waals surface area contributed by atoms with Crippen LogP contribution >= 0.6 is 0 Å². The van der Waals surface area contributed by atoms with Crippen LogP contribution in [0.5, 0.6) is 0 Å². The Morgan fingerprint density at radius 1 is 1.39 bits per heavy atom. The molecule has 3 fully saturated rings. The molecule has 124 valence electrons. The molecule has 0 aromatic heterocycles. The molecule has 3 saturated heterocycles. The van der Waals surface area contributed by atoms with Crippen molar-refractivity contribution in [2.75, 3.05) is 20.6 Å². The zero-order chi connectivity index (χ0) is 18.7. The second-order valence-corrected chi connectivity index (χ2v) is 7.02. The third-order valence-electron chi connectivity index (χ3n) is 5.66. The number of morpholine rings is 1. The van der Waals surface area contributed by atoms with Gasteiger partial charge < -0.3 is 19.1 Å². The molecule has 0 saturated carbocycles. The molecule has 1 N–H and O–H groups in total. The lowest BCUT2D eigenvalue weighted by atomic mass is 9.95. The molecule has 4 rings (SSSR count). The number of esters is 1. The molecule has 7 atom stereocenters. The summed E-state index contributed by atoms with van der Waals surface area (Å²) in [5.74, 6) is -1.17. The minimum Gasteiger partial charge on any atom is -0.461 e. The number of piperidine rings is 1. The molecule has 0 amide bonds. The van der Waals surface area contributed by atoms with E-state index >= 15 is 0 Å². The first-order valence-corrected chi connectivity index (χ1v) is 8.15. The molecule has 2 bridgehead atoms. The number of hydrogen-bond acceptors (Lipinski definition) is 4. The second-order valence-electron chi connectivity index (χ2n) is 7.02. The molecule has 3 heterocycles. The van der Waals surface area contributed by atoms with Crippen molar-refractivity contribution in [3.8, 4) is 0 Å². The first-order valence-electron chi connectivity index (χ1n) is 9.65. The van der Waals surface area contributed by atoms with Crippen molar-refractivity contribution >= 4 is 5.97 Å². The number of aliphatic hydroxyl groups is 1. The van der Waals surface area contributed by atoms with E-state index in [1.54, 1.807) is 19.2 Å². The van der Waals surface area contributed by atoms with E-state index in [1.165, 1.54) is 0 Å². The van der Waals surface area contributed by atoms with Gasteiger partial charge in [0.1, 0.15) is 36.3 Å². The fourth-order valence-corrected chi connectivity index (χ4v) is 4.30. The summed E-state index contributed by atoms with van der Waals surface area (Å²) in [6, 6.07) is 8.69. The molecule has 0 aliphatic carbocycles. The van der Waals surface area contributed by atoms with Crippen molar-refractivity contribution < 1.29 is 28.0 Å². The van der Waals surface area contributed by atoms with Gasteiger partial charge >= 0.3 is 5.97 Å². The van der Waals surface area contributed by atoms with Gasteiger partial charge in [0, 0.05) is 12.8 Å². The van der Waals surface area contributed by atoms with Gasteiger partial charge in [-0.3, -0.25) is 4.79 Å². The molecule has 0 spiro atoms. The molecule has 0 radical (unpaired) electrons. The topological polar surface area (TPSA) is 59.1 Å². The van der Waals surface area contributed by atoms with Crippen molar-refractivity contribution in [2.45, 2.75) is 49.2 Å². The number of rotatable bonds is 4. The summed E-state index contributed by atoms with van der Waals surface area (Å²) >= 11 is 0. The number of carbonyl (C=O) groups is 1. The lowest BCUT2D eigenvalue weighted by Gasteiger charge is -2.45. The van der Waals surface area contributed by atoms with Crippen LogP contribution in [0.4, 0.5) is 0 Å². The Bertz CT molecular complexity index is 677. The zero-order valence-corrected chi connectivity index (χ0v) is 13.1. The highest BCUT2D eigenvalue weighted by Crippen LogP contribution is 2.51. The lowest BCUT2D eigenvalue weighted by Crippen LogP contribution is -2.60. The van der Waals surface area contributed by atoms with Gasteiger partial charge in [-0.25, -0.2) is 0 Å². The van der Waals surface area contributed by atoms with Crippen LogP contribution in [-0.4, -0.2) is 66.6 Å². The number of epoxide rings is 1. The van der Waals surface area contributed by atoms with Crippen molar-refractivity contribution in [1.29, 1.82) is 0 Å². The quantitative estimate of drug-likeness (QED) is 0.511. The summed E-state index contributed by atoms with van der Waals surface area (Å²) in [7, 11) is 1.77. The molecular weight excluding hydrogens is 294 g/mol. The van der Waals surface area contributed by atoms with Gasteiger partial charge in [0.2, 0.25) is 0 Å². The maximum atomic E-state index is 12.6. The number of nitrogens with zero attached hydrogens (tertiary/aromatic N) is 1. The molecule has 5 heteroatoms. The van der Waals surface area contributed by atoms with E-state index in [9.17, 15) is 9.90 Å². The first kappa shape index (κ1) is 12.0. The van der Waals surface area contributed by atoms with E-state index < -0.39 is 18.9 Å². The molecule has 5 nitrogen and oxygen atoms in total.